The molecule has 102 valence electrons. The van der Waals surface area contributed by atoms with E-state index in [-0.39, 0.29) is 0 Å². The maximum atomic E-state index is 8.99. The molecule has 3 aliphatic heterocycles. The smallest absolute Gasteiger partial charge is 0.179 e. The summed E-state index contributed by atoms with van der Waals surface area (Å²) in [4.78, 5) is 4.49. The first kappa shape index (κ1) is 13.7. The Kier molecular flexibility index (Phi) is 4.50. The van der Waals surface area contributed by atoms with Gasteiger partial charge in [-0.1, -0.05) is 13.8 Å². The van der Waals surface area contributed by atoms with E-state index in [4.69, 9.17) is 5.26 Å². The lowest BCUT2D eigenvalue weighted by atomic mass is 9.67. The third kappa shape index (κ3) is 2.49. The summed E-state index contributed by atoms with van der Waals surface area (Å²) >= 11 is 0. The predicted octanol–water partition coefficient (Wildman–Crippen LogP) is 2.69. The zero-order chi connectivity index (χ0) is 13.1. The van der Waals surface area contributed by atoms with Gasteiger partial charge in [0.1, 0.15) is 0 Å². The molecule has 0 amide bonds. The van der Waals surface area contributed by atoms with Gasteiger partial charge in [-0.2, -0.15) is 5.26 Å². The number of rotatable bonds is 1. The van der Waals surface area contributed by atoms with E-state index in [2.05, 4.69) is 18.1 Å². The second-order valence-electron chi connectivity index (χ2n) is 5.92. The van der Waals surface area contributed by atoms with Crippen LogP contribution in [0.1, 0.15) is 46.0 Å². The van der Waals surface area contributed by atoms with Crippen molar-refractivity contribution in [1.29, 1.82) is 5.26 Å². The molecule has 1 saturated carbocycles. The van der Waals surface area contributed by atoms with Gasteiger partial charge in [0.15, 0.2) is 6.19 Å². The highest BCUT2D eigenvalue weighted by Crippen LogP contribution is 2.45. The number of hydrogen-bond acceptors (Lipinski definition) is 3. The van der Waals surface area contributed by atoms with Crippen LogP contribution in [0.5, 0.6) is 0 Å². The molecule has 4 aliphatic rings. The van der Waals surface area contributed by atoms with Crippen LogP contribution in [0.3, 0.4) is 0 Å². The van der Waals surface area contributed by atoms with Crippen LogP contribution in [-0.2, 0) is 0 Å². The predicted molar refractivity (Wildman–Crippen MR) is 73.9 cm³/mol. The number of nitrogens with zero attached hydrogens (tertiary/aromatic N) is 3. The molecule has 0 radical (unpaired) electrons. The molecule has 2 atom stereocenters. The van der Waals surface area contributed by atoms with Crippen molar-refractivity contribution in [3.8, 4) is 6.19 Å². The zero-order valence-electron chi connectivity index (χ0n) is 12.1. The second kappa shape index (κ2) is 5.93. The third-order valence-electron chi connectivity index (χ3n) is 5.03. The Morgan fingerprint density at radius 3 is 2.00 bits per heavy atom. The van der Waals surface area contributed by atoms with Crippen LogP contribution >= 0.6 is 0 Å². The molecule has 3 heteroatoms. The normalized spacial score (nSPS) is 36.1. The van der Waals surface area contributed by atoms with Gasteiger partial charge in [0.25, 0.3) is 0 Å². The quantitative estimate of drug-likeness (QED) is 0.669. The van der Waals surface area contributed by atoms with E-state index in [1.54, 1.807) is 0 Å². The molecular weight excluding hydrogens is 222 g/mol. The molecule has 4 fully saturated rings. The number of piperidine rings is 2. The molecule has 0 aromatic carbocycles. The van der Waals surface area contributed by atoms with Gasteiger partial charge >= 0.3 is 0 Å². The Balaban J connectivity index is 0.000000574. The fourth-order valence-corrected chi connectivity index (χ4v) is 3.96. The molecule has 18 heavy (non-hydrogen) atoms. The summed E-state index contributed by atoms with van der Waals surface area (Å²) in [6, 6.07) is 1.21. The van der Waals surface area contributed by atoms with Gasteiger partial charge in [0.05, 0.1) is 0 Å². The molecule has 3 saturated heterocycles. The molecule has 0 aromatic rings. The first-order valence-electron chi connectivity index (χ1n) is 7.64. The summed E-state index contributed by atoms with van der Waals surface area (Å²) in [5.74, 6) is 1.87. The van der Waals surface area contributed by atoms with Crippen LogP contribution in [0.25, 0.3) is 0 Å². The van der Waals surface area contributed by atoms with Crippen molar-refractivity contribution in [2.45, 2.75) is 58.0 Å². The van der Waals surface area contributed by atoms with E-state index in [1.165, 1.54) is 45.2 Å². The van der Waals surface area contributed by atoms with Crippen LogP contribution in [0.4, 0.5) is 0 Å². The molecule has 2 bridgehead atoms. The molecule has 4 rings (SSSR count). The van der Waals surface area contributed by atoms with Crippen molar-refractivity contribution >= 4 is 0 Å². The van der Waals surface area contributed by atoms with Crippen LogP contribution < -0.4 is 0 Å². The fourth-order valence-electron chi connectivity index (χ4n) is 3.96. The lowest BCUT2D eigenvalue weighted by Gasteiger charge is -2.54. The van der Waals surface area contributed by atoms with Crippen LogP contribution in [0.15, 0.2) is 0 Å². The highest BCUT2D eigenvalue weighted by molar-refractivity contribution is 5.06. The minimum absolute atomic E-state index is 0.605. The first-order chi connectivity index (χ1) is 8.78. The Bertz CT molecular complexity index is 289. The van der Waals surface area contributed by atoms with E-state index >= 15 is 0 Å². The monoisotopic (exact) mass is 249 g/mol. The maximum Gasteiger partial charge on any atom is 0.179 e. The van der Waals surface area contributed by atoms with E-state index in [9.17, 15) is 0 Å². The third-order valence-corrected chi connectivity index (χ3v) is 5.03. The van der Waals surface area contributed by atoms with Gasteiger partial charge in [-0.05, 0) is 64.1 Å². The van der Waals surface area contributed by atoms with Gasteiger partial charge < -0.3 is 9.80 Å². The van der Waals surface area contributed by atoms with Crippen molar-refractivity contribution in [1.82, 2.24) is 9.80 Å². The van der Waals surface area contributed by atoms with Crippen LogP contribution in [-0.4, -0.2) is 42.0 Å². The van der Waals surface area contributed by atoms with E-state index in [1.807, 2.05) is 18.7 Å². The van der Waals surface area contributed by atoms with E-state index < -0.39 is 0 Å². The van der Waals surface area contributed by atoms with Crippen molar-refractivity contribution < 1.29 is 0 Å². The SMILES string of the molecule is CC.CN1CCC(C2CC3CC(C2)N3C#N)CC1. The largest absolute Gasteiger partial charge is 0.306 e. The highest BCUT2D eigenvalue weighted by Gasteiger charge is 2.46. The Labute approximate surface area is 112 Å². The van der Waals surface area contributed by atoms with Crippen LogP contribution in [0, 0.1) is 23.3 Å². The number of fused-ring (bicyclic) bond motifs is 2. The summed E-state index contributed by atoms with van der Waals surface area (Å²) in [5, 5.41) is 8.99. The average molecular weight is 249 g/mol. The van der Waals surface area contributed by atoms with Gasteiger partial charge in [0, 0.05) is 12.1 Å². The summed E-state index contributed by atoms with van der Waals surface area (Å²) < 4.78 is 0. The van der Waals surface area contributed by atoms with E-state index in [0.717, 1.165) is 11.8 Å². The van der Waals surface area contributed by atoms with Gasteiger partial charge in [-0.15, -0.1) is 0 Å². The van der Waals surface area contributed by atoms with Gasteiger partial charge in [-0.25, -0.2) is 0 Å². The lowest BCUT2D eigenvalue weighted by Crippen LogP contribution is -2.59. The number of nitriles is 1. The molecule has 0 N–H and O–H groups in total. The molecule has 3 heterocycles. The van der Waals surface area contributed by atoms with Crippen molar-refractivity contribution in [3.63, 3.8) is 0 Å². The summed E-state index contributed by atoms with van der Waals surface area (Å²) in [6.07, 6.45) is 8.99. The summed E-state index contributed by atoms with van der Waals surface area (Å²) in [7, 11) is 2.23. The Morgan fingerprint density at radius 2 is 1.50 bits per heavy atom. The molecular formula is C15H27N3. The van der Waals surface area contributed by atoms with E-state index in [0.29, 0.717) is 12.1 Å². The highest BCUT2D eigenvalue weighted by atomic mass is 15.2. The molecule has 1 aliphatic carbocycles. The molecule has 3 nitrogen and oxygen atoms in total. The minimum Gasteiger partial charge on any atom is -0.306 e. The van der Waals surface area contributed by atoms with Crippen molar-refractivity contribution in [2.24, 2.45) is 11.8 Å². The van der Waals surface area contributed by atoms with Crippen LogP contribution in [0.2, 0.25) is 0 Å². The first-order valence-corrected chi connectivity index (χ1v) is 7.64. The Hall–Kier alpha value is -0.750. The van der Waals surface area contributed by atoms with Crippen molar-refractivity contribution in [3.05, 3.63) is 0 Å². The van der Waals surface area contributed by atoms with Crippen molar-refractivity contribution in [2.75, 3.05) is 20.1 Å². The Morgan fingerprint density at radius 1 is 0.944 bits per heavy atom. The minimum atomic E-state index is 0.605. The van der Waals surface area contributed by atoms with Gasteiger partial charge in [-0.3, -0.25) is 0 Å². The second-order valence-corrected chi connectivity index (χ2v) is 5.92. The molecule has 0 aromatic heterocycles. The lowest BCUT2D eigenvalue weighted by molar-refractivity contribution is -0.0289. The van der Waals surface area contributed by atoms with Gasteiger partial charge in [0.2, 0.25) is 0 Å². The average Bonchev–Trinajstić information content (AvgIpc) is 2.42. The topological polar surface area (TPSA) is 30.3 Å². The zero-order valence-corrected chi connectivity index (χ0v) is 12.1. The summed E-state index contributed by atoms with van der Waals surface area (Å²) in [5.41, 5.74) is 0. The standard InChI is InChI=1S/C13H21N3.C2H6/c1-15-4-2-10(3-5-15)11-6-12-8-13(7-11)16(12)9-14;1-2/h10-13H,2-8H2,1H3;1-2H3. The molecule has 2 unspecified atom stereocenters. The number of likely N-dealkylation sites (tertiary alicyclic amines) is 1. The number of hydrogen-bond donors (Lipinski definition) is 0. The molecule has 0 spiro atoms. The summed E-state index contributed by atoms with van der Waals surface area (Å²) in [6.45, 7) is 6.55. The maximum absolute atomic E-state index is 8.99. The fraction of sp³-hybridized carbons (Fsp3) is 0.933.